The smallest absolute Gasteiger partial charge is 0.263 e. The Bertz CT molecular complexity index is 751. The minimum absolute atomic E-state index is 0.681. The van der Waals surface area contributed by atoms with Gasteiger partial charge in [-0.05, 0) is 31.1 Å². The zero-order chi connectivity index (χ0) is 16.8. The second-order valence-electron chi connectivity index (χ2n) is 4.38. The van der Waals surface area contributed by atoms with Gasteiger partial charge in [0.2, 0.25) is 5.52 Å². The van der Waals surface area contributed by atoms with Gasteiger partial charge in [0.1, 0.15) is 11.2 Å². The number of para-hydroxylation sites is 1. The van der Waals surface area contributed by atoms with Crippen LogP contribution in [-0.4, -0.2) is 20.9 Å². The summed E-state index contributed by atoms with van der Waals surface area (Å²) in [5.74, 6) is 0. The third-order valence-corrected chi connectivity index (χ3v) is 4.85. The molecule has 1 aromatic carbocycles. The molecule has 0 unspecified atom stereocenters. The zero-order valence-corrected chi connectivity index (χ0v) is 15.3. The number of thiazole rings is 1. The first-order chi connectivity index (χ1) is 10.3. The molecule has 0 saturated heterocycles. The average molecular weight is 362 g/mol. The molecule has 0 bridgehead atoms. The highest BCUT2D eigenvalue weighted by molar-refractivity contribution is 8.02. The van der Waals surface area contributed by atoms with Crippen LogP contribution in [0.5, 0.6) is 0 Å². The SMILES string of the molecule is CC[n+]1c(/C=C(/C)SC)sc2ccccc21.CS(=O)(=O)O[O-]. The number of nitrogens with zero attached hydrogens (tertiary/aromatic N) is 1. The van der Waals surface area contributed by atoms with Crippen molar-refractivity contribution in [3.63, 3.8) is 0 Å². The van der Waals surface area contributed by atoms with Crippen molar-refractivity contribution in [1.82, 2.24) is 0 Å². The number of thioether (sulfide) groups is 1. The second kappa shape index (κ2) is 8.64. The van der Waals surface area contributed by atoms with Gasteiger partial charge in [0.25, 0.3) is 15.1 Å². The fourth-order valence-electron chi connectivity index (χ4n) is 1.72. The van der Waals surface area contributed by atoms with Crippen molar-refractivity contribution in [3.8, 4) is 0 Å². The molecule has 122 valence electrons. The summed E-state index contributed by atoms with van der Waals surface area (Å²) in [4.78, 5) is 1.36. The van der Waals surface area contributed by atoms with Crippen LogP contribution in [0.1, 0.15) is 18.9 Å². The zero-order valence-electron chi connectivity index (χ0n) is 12.9. The molecule has 0 spiro atoms. The summed E-state index contributed by atoms with van der Waals surface area (Å²) in [6.45, 7) is 5.39. The number of hydrogen-bond acceptors (Lipinski definition) is 6. The molecule has 0 radical (unpaired) electrons. The maximum atomic E-state index is 9.47. The molecule has 8 heteroatoms. The highest BCUT2D eigenvalue weighted by atomic mass is 32.2. The molecule has 22 heavy (non-hydrogen) atoms. The quantitative estimate of drug-likeness (QED) is 0.474. The van der Waals surface area contributed by atoms with Crippen molar-refractivity contribution in [3.05, 3.63) is 34.2 Å². The standard InChI is InChI=1S/C13H16NS2.CH4O4S/c1-4-14-11-7-5-6-8-12(11)16-13(14)9-10(2)15-3;1-6(3,4)5-2/h5-9H,4H2,1-3H3;2H,1H3/q+1;/p-1/b10-9-;. The number of aromatic nitrogens is 1. The van der Waals surface area contributed by atoms with E-state index < -0.39 is 10.1 Å². The minimum Gasteiger partial charge on any atom is -0.707 e. The number of aryl methyl sites for hydroxylation is 1. The lowest BCUT2D eigenvalue weighted by Gasteiger charge is -1.97. The van der Waals surface area contributed by atoms with Gasteiger partial charge in [-0.15, -0.1) is 11.8 Å². The predicted molar refractivity (Wildman–Crippen MR) is 90.8 cm³/mol. The van der Waals surface area contributed by atoms with Gasteiger partial charge in [-0.1, -0.05) is 23.5 Å². The van der Waals surface area contributed by atoms with Crippen LogP contribution in [0, 0.1) is 0 Å². The van der Waals surface area contributed by atoms with Crippen LogP contribution in [0.4, 0.5) is 0 Å². The molecule has 0 amide bonds. The van der Waals surface area contributed by atoms with E-state index in [0.717, 1.165) is 6.54 Å². The fraction of sp³-hybridized carbons (Fsp3) is 0.357. The van der Waals surface area contributed by atoms with E-state index >= 15 is 0 Å². The molecule has 2 rings (SSSR count). The van der Waals surface area contributed by atoms with Gasteiger partial charge in [-0.3, -0.25) is 0 Å². The Hall–Kier alpha value is -0.930. The molecular formula is C14H19NO4S3. The monoisotopic (exact) mass is 361 g/mol. The highest BCUT2D eigenvalue weighted by Gasteiger charge is 2.16. The Morgan fingerprint density at radius 1 is 1.45 bits per heavy atom. The lowest BCUT2D eigenvalue weighted by Crippen LogP contribution is -2.33. The first-order valence-corrected chi connectivity index (χ1v) is 10.3. The third-order valence-electron chi connectivity index (χ3n) is 2.73. The van der Waals surface area contributed by atoms with Gasteiger partial charge in [0.15, 0.2) is 0 Å². The molecular weight excluding hydrogens is 342 g/mol. The molecule has 0 fully saturated rings. The summed E-state index contributed by atoms with van der Waals surface area (Å²) in [5.41, 5.74) is 1.34. The van der Waals surface area contributed by atoms with Gasteiger partial charge in [0.05, 0.1) is 6.26 Å². The number of benzene rings is 1. The molecule has 1 aromatic heterocycles. The molecule has 1 heterocycles. The van der Waals surface area contributed by atoms with E-state index in [1.54, 1.807) is 11.8 Å². The average Bonchev–Trinajstić information content (AvgIpc) is 2.83. The number of rotatable bonds is 4. The van der Waals surface area contributed by atoms with E-state index in [4.69, 9.17) is 5.26 Å². The number of hydrogen-bond donors (Lipinski definition) is 0. The molecule has 5 nitrogen and oxygen atoms in total. The van der Waals surface area contributed by atoms with E-state index in [2.05, 4.69) is 59.3 Å². The van der Waals surface area contributed by atoms with Crippen molar-refractivity contribution >= 4 is 49.5 Å². The Labute approximate surface area is 139 Å². The molecule has 0 aliphatic heterocycles. The van der Waals surface area contributed by atoms with Crippen molar-refractivity contribution in [2.24, 2.45) is 0 Å². The Kier molecular flexibility index (Phi) is 7.51. The molecule has 0 aliphatic rings. The maximum Gasteiger partial charge on any atom is 0.263 e. The Balaban J connectivity index is 0.000000346. The van der Waals surface area contributed by atoms with Gasteiger partial charge >= 0.3 is 0 Å². The van der Waals surface area contributed by atoms with Crippen molar-refractivity contribution in [2.75, 3.05) is 12.5 Å². The van der Waals surface area contributed by atoms with Crippen LogP contribution >= 0.6 is 23.1 Å². The van der Waals surface area contributed by atoms with Gasteiger partial charge in [-0.25, -0.2) is 8.42 Å². The molecule has 0 aliphatic carbocycles. The summed E-state index contributed by atoms with van der Waals surface area (Å²) >= 11 is 3.67. The van der Waals surface area contributed by atoms with E-state index in [-0.39, 0.29) is 0 Å². The fourth-order valence-corrected chi connectivity index (χ4v) is 3.25. The molecule has 0 N–H and O–H groups in total. The normalized spacial score (nSPS) is 12.1. The summed E-state index contributed by atoms with van der Waals surface area (Å²) in [6, 6.07) is 8.60. The highest BCUT2D eigenvalue weighted by Crippen LogP contribution is 2.23. The topological polar surface area (TPSA) is 70.3 Å². The van der Waals surface area contributed by atoms with Gasteiger partial charge in [-0.2, -0.15) is 4.57 Å². The predicted octanol–water partition coefficient (Wildman–Crippen LogP) is 2.17. The summed E-state index contributed by atoms with van der Waals surface area (Å²) in [7, 11) is -3.72. The van der Waals surface area contributed by atoms with E-state index in [0.29, 0.717) is 6.26 Å². The van der Waals surface area contributed by atoms with E-state index in [9.17, 15) is 8.42 Å². The Morgan fingerprint density at radius 3 is 2.55 bits per heavy atom. The van der Waals surface area contributed by atoms with Crippen molar-refractivity contribution < 1.29 is 22.6 Å². The first-order valence-electron chi connectivity index (χ1n) is 6.47. The second-order valence-corrected chi connectivity index (χ2v) is 8.04. The first kappa shape index (κ1) is 19.1. The number of fused-ring (bicyclic) bond motifs is 1. The lowest BCUT2D eigenvalue weighted by molar-refractivity contribution is -0.665. The van der Waals surface area contributed by atoms with E-state index in [1.165, 1.54) is 20.1 Å². The Morgan fingerprint density at radius 2 is 2.05 bits per heavy atom. The maximum absolute atomic E-state index is 9.47. The van der Waals surface area contributed by atoms with Gasteiger partial charge in [0, 0.05) is 12.1 Å². The van der Waals surface area contributed by atoms with Crippen LogP contribution in [0.3, 0.4) is 0 Å². The summed E-state index contributed by atoms with van der Waals surface area (Å²) in [6.07, 6.45) is 5.08. The van der Waals surface area contributed by atoms with Crippen LogP contribution in [-0.2, 0) is 21.0 Å². The minimum atomic E-state index is -3.72. The van der Waals surface area contributed by atoms with E-state index in [1.807, 2.05) is 11.3 Å². The molecule has 2 aromatic rings. The summed E-state index contributed by atoms with van der Waals surface area (Å²) < 4.78 is 25.3. The van der Waals surface area contributed by atoms with Crippen LogP contribution in [0.2, 0.25) is 0 Å². The van der Waals surface area contributed by atoms with Crippen molar-refractivity contribution in [2.45, 2.75) is 20.4 Å². The lowest BCUT2D eigenvalue weighted by atomic mass is 10.3. The van der Waals surface area contributed by atoms with Crippen LogP contribution in [0.15, 0.2) is 29.2 Å². The largest absolute Gasteiger partial charge is 0.707 e. The van der Waals surface area contributed by atoms with Gasteiger partial charge < -0.3 is 9.59 Å². The molecule has 0 saturated carbocycles. The third kappa shape index (κ3) is 5.69. The number of allylic oxidation sites excluding steroid dienone is 1. The van der Waals surface area contributed by atoms with Crippen LogP contribution in [0.25, 0.3) is 16.3 Å². The van der Waals surface area contributed by atoms with Crippen LogP contribution < -0.4 is 9.82 Å². The molecule has 0 atom stereocenters. The van der Waals surface area contributed by atoms with Crippen molar-refractivity contribution in [1.29, 1.82) is 0 Å². The summed E-state index contributed by atoms with van der Waals surface area (Å²) in [5, 5.41) is 10.2.